The molecule has 1 aliphatic rings. The van der Waals surface area contributed by atoms with Crippen LogP contribution in [0.4, 0.5) is 14.5 Å². The molecule has 1 N–H and O–H groups in total. The van der Waals surface area contributed by atoms with Crippen LogP contribution in [0.25, 0.3) is 0 Å². The summed E-state index contributed by atoms with van der Waals surface area (Å²) in [5.41, 5.74) is -0.0142. The van der Waals surface area contributed by atoms with Gasteiger partial charge in [0.2, 0.25) is 11.8 Å². The number of para-hydroxylation sites is 1. The average molecular weight is 469 g/mol. The first-order valence-corrected chi connectivity index (χ1v) is 12.1. The van der Waals surface area contributed by atoms with Crippen LogP contribution in [0.2, 0.25) is 0 Å². The van der Waals surface area contributed by atoms with Gasteiger partial charge in [0.1, 0.15) is 17.7 Å². The molecule has 2 aromatic carbocycles. The van der Waals surface area contributed by atoms with Crippen molar-refractivity contribution in [1.82, 2.24) is 5.32 Å². The van der Waals surface area contributed by atoms with Crippen molar-refractivity contribution >= 4 is 28.8 Å². The second-order valence-electron chi connectivity index (χ2n) is 8.24. The van der Waals surface area contributed by atoms with E-state index in [4.69, 9.17) is 0 Å². The molecule has 0 bridgehead atoms. The number of carbonyl (C=O) groups excluding carboxylic acids is 2. The molecule has 33 heavy (non-hydrogen) atoms. The minimum absolute atomic E-state index is 0.0202. The van der Waals surface area contributed by atoms with Crippen LogP contribution >= 0.6 is 11.3 Å². The van der Waals surface area contributed by atoms with E-state index in [2.05, 4.69) is 5.32 Å². The van der Waals surface area contributed by atoms with E-state index in [1.165, 1.54) is 47.7 Å². The van der Waals surface area contributed by atoms with Crippen molar-refractivity contribution in [3.8, 4) is 0 Å². The van der Waals surface area contributed by atoms with Crippen LogP contribution in [0.1, 0.15) is 48.6 Å². The predicted molar refractivity (Wildman–Crippen MR) is 126 cm³/mol. The number of carbonyl (C=O) groups is 2. The van der Waals surface area contributed by atoms with Gasteiger partial charge in [-0.2, -0.15) is 0 Å². The highest BCUT2D eigenvalue weighted by Gasteiger charge is 2.36. The Morgan fingerprint density at radius 3 is 2.30 bits per heavy atom. The molecule has 0 saturated heterocycles. The highest BCUT2D eigenvalue weighted by atomic mass is 32.1. The molecule has 0 radical (unpaired) electrons. The smallest absolute Gasteiger partial charge is 0.248 e. The van der Waals surface area contributed by atoms with Crippen LogP contribution in [0, 0.1) is 11.6 Å². The van der Waals surface area contributed by atoms with E-state index in [0.717, 1.165) is 41.9 Å². The van der Waals surface area contributed by atoms with E-state index in [1.807, 2.05) is 17.5 Å². The number of thiophene rings is 1. The van der Waals surface area contributed by atoms with Crippen molar-refractivity contribution in [3.05, 3.63) is 88.1 Å². The molecule has 1 atom stereocenters. The van der Waals surface area contributed by atoms with E-state index in [1.54, 1.807) is 12.1 Å². The Kier molecular flexibility index (Phi) is 7.50. The Morgan fingerprint density at radius 1 is 0.939 bits per heavy atom. The number of anilines is 1. The normalized spacial score (nSPS) is 15.1. The molecule has 1 aromatic heterocycles. The molecular formula is C26H26F2N2O2S. The monoisotopic (exact) mass is 468 g/mol. The minimum Gasteiger partial charge on any atom is -0.351 e. The van der Waals surface area contributed by atoms with E-state index in [9.17, 15) is 18.4 Å². The van der Waals surface area contributed by atoms with Gasteiger partial charge in [-0.3, -0.25) is 14.5 Å². The van der Waals surface area contributed by atoms with Crippen LogP contribution in [0.5, 0.6) is 0 Å². The molecule has 4 rings (SSSR count). The van der Waals surface area contributed by atoms with Gasteiger partial charge in [0.25, 0.3) is 0 Å². The fraction of sp³-hybridized carbons (Fsp3) is 0.308. The van der Waals surface area contributed by atoms with E-state index >= 15 is 0 Å². The molecule has 1 saturated carbocycles. The third-order valence-electron chi connectivity index (χ3n) is 5.94. The number of nitrogens with zero attached hydrogens (tertiary/aromatic N) is 1. The third kappa shape index (κ3) is 5.47. The van der Waals surface area contributed by atoms with Crippen molar-refractivity contribution in [2.75, 3.05) is 4.90 Å². The molecule has 172 valence electrons. The summed E-state index contributed by atoms with van der Waals surface area (Å²) < 4.78 is 29.9. The van der Waals surface area contributed by atoms with Crippen molar-refractivity contribution in [1.29, 1.82) is 0 Å². The second-order valence-corrected chi connectivity index (χ2v) is 9.27. The van der Waals surface area contributed by atoms with E-state index in [-0.39, 0.29) is 23.7 Å². The Morgan fingerprint density at radius 2 is 1.64 bits per heavy atom. The van der Waals surface area contributed by atoms with Crippen molar-refractivity contribution in [3.63, 3.8) is 0 Å². The molecule has 0 unspecified atom stereocenters. The van der Waals surface area contributed by atoms with Gasteiger partial charge in [-0.25, -0.2) is 8.78 Å². The molecule has 7 heteroatoms. The quantitative estimate of drug-likeness (QED) is 0.477. The van der Waals surface area contributed by atoms with Gasteiger partial charge in [0.05, 0.1) is 12.1 Å². The molecule has 4 nitrogen and oxygen atoms in total. The van der Waals surface area contributed by atoms with Crippen molar-refractivity contribution < 1.29 is 18.4 Å². The lowest BCUT2D eigenvalue weighted by molar-refractivity contribution is -0.127. The Balaban J connectivity index is 1.78. The molecule has 1 aliphatic carbocycles. The topological polar surface area (TPSA) is 49.4 Å². The van der Waals surface area contributed by atoms with Crippen LogP contribution in [0.15, 0.2) is 66.0 Å². The van der Waals surface area contributed by atoms with Gasteiger partial charge in [-0.1, -0.05) is 55.7 Å². The molecule has 2 amide bonds. The largest absolute Gasteiger partial charge is 0.351 e. The average Bonchev–Trinajstić information content (AvgIpc) is 3.32. The molecule has 1 heterocycles. The number of nitrogens with one attached hydrogen (secondary N) is 1. The standard InChI is InChI=1S/C26H26F2N2O2S/c27-21-13-5-4-12-20(21)25(26(32)29-18-9-2-1-3-10-18)30(23-15-7-6-14-22(23)28)24(31)17-19-11-8-16-33-19/h4-8,11-16,18,25H,1-3,9-10,17H2,(H,29,32)/t25-/m1/s1. The molecule has 0 spiro atoms. The lowest BCUT2D eigenvalue weighted by atomic mass is 9.94. The zero-order valence-corrected chi connectivity index (χ0v) is 19.0. The number of hydrogen-bond acceptors (Lipinski definition) is 3. The van der Waals surface area contributed by atoms with Crippen molar-refractivity contribution in [2.24, 2.45) is 0 Å². The van der Waals surface area contributed by atoms with Crippen LogP contribution in [-0.4, -0.2) is 17.9 Å². The van der Waals surface area contributed by atoms with Crippen LogP contribution in [0.3, 0.4) is 0 Å². The van der Waals surface area contributed by atoms with Gasteiger partial charge in [0, 0.05) is 16.5 Å². The zero-order chi connectivity index (χ0) is 23.2. The maximum absolute atomic E-state index is 15.0. The number of benzene rings is 2. The summed E-state index contributed by atoms with van der Waals surface area (Å²) in [6.07, 6.45) is 4.77. The fourth-order valence-electron chi connectivity index (χ4n) is 4.33. The van der Waals surface area contributed by atoms with E-state index < -0.39 is 29.5 Å². The minimum atomic E-state index is -1.34. The van der Waals surface area contributed by atoms with Crippen LogP contribution in [-0.2, 0) is 16.0 Å². The number of amides is 2. The molecule has 0 aliphatic heterocycles. The summed E-state index contributed by atoms with van der Waals surface area (Å²) >= 11 is 1.40. The predicted octanol–water partition coefficient (Wildman–Crippen LogP) is 5.79. The second kappa shape index (κ2) is 10.7. The van der Waals surface area contributed by atoms with Gasteiger partial charge in [0.15, 0.2) is 0 Å². The zero-order valence-electron chi connectivity index (χ0n) is 18.2. The highest BCUT2D eigenvalue weighted by molar-refractivity contribution is 7.10. The van der Waals surface area contributed by atoms with Gasteiger partial charge in [-0.05, 0) is 42.5 Å². The van der Waals surface area contributed by atoms with Crippen LogP contribution < -0.4 is 10.2 Å². The third-order valence-corrected chi connectivity index (χ3v) is 6.82. The lowest BCUT2D eigenvalue weighted by Crippen LogP contribution is -2.48. The summed E-state index contributed by atoms with van der Waals surface area (Å²) in [7, 11) is 0. The maximum atomic E-state index is 15.0. The Bertz CT molecular complexity index is 1100. The maximum Gasteiger partial charge on any atom is 0.248 e. The SMILES string of the molecule is O=C(NC1CCCCC1)[C@@H](c1ccccc1F)N(C(=O)Cc1cccs1)c1ccccc1F. The molecule has 1 fully saturated rings. The number of hydrogen-bond donors (Lipinski definition) is 1. The van der Waals surface area contributed by atoms with Gasteiger partial charge < -0.3 is 5.32 Å². The first-order valence-electron chi connectivity index (χ1n) is 11.2. The Hall–Kier alpha value is -3.06. The van der Waals surface area contributed by atoms with E-state index in [0.29, 0.717) is 0 Å². The number of rotatable bonds is 7. The fourth-order valence-corrected chi connectivity index (χ4v) is 5.03. The van der Waals surface area contributed by atoms with Gasteiger partial charge >= 0.3 is 0 Å². The van der Waals surface area contributed by atoms with Crippen molar-refractivity contribution in [2.45, 2.75) is 50.6 Å². The first kappa shape index (κ1) is 23.1. The summed E-state index contributed by atoms with van der Waals surface area (Å²) in [5.74, 6) is -2.25. The molecular weight excluding hydrogens is 442 g/mol. The highest BCUT2D eigenvalue weighted by Crippen LogP contribution is 2.33. The number of halogens is 2. The summed E-state index contributed by atoms with van der Waals surface area (Å²) in [5, 5.41) is 4.86. The summed E-state index contributed by atoms with van der Waals surface area (Å²) in [6, 6.07) is 13.9. The lowest BCUT2D eigenvalue weighted by Gasteiger charge is -2.33. The summed E-state index contributed by atoms with van der Waals surface area (Å²) in [4.78, 5) is 29.1. The first-order chi connectivity index (χ1) is 16.0. The van der Waals surface area contributed by atoms with Gasteiger partial charge in [-0.15, -0.1) is 11.3 Å². The molecule has 3 aromatic rings. The Labute approximate surface area is 196 Å². The summed E-state index contributed by atoms with van der Waals surface area (Å²) in [6.45, 7) is 0.